The van der Waals surface area contributed by atoms with Crippen LogP contribution in [0.25, 0.3) is 0 Å². The van der Waals surface area contributed by atoms with E-state index in [1.54, 1.807) is 0 Å². The largest absolute Gasteiger partial charge is 0.439 e. The Labute approximate surface area is 132 Å². The second-order valence-corrected chi connectivity index (χ2v) is 7.66. The molecule has 0 atom stereocenters. The van der Waals surface area contributed by atoms with Crippen molar-refractivity contribution in [3.05, 3.63) is 35.9 Å². The molecule has 138 valence electrons. The summed E-state index contributed by atoms with van der Waals surface area (Å²) >= 11 is 0. The van der Waals surface area contributed by atoms with Gasteiger partial charge in [-0.15, -0.1) is 0 Å². The van der Waals surface area contributed by atoms with Gasteiger partial charge in [0.15, 0.2) is 0 Å². The highest BCUT2D eigenvalue weighted by Crippen LogP contribution is 2.50. The van der Waals surface area contributed by atoms with Gasteiger partial charge in [-0.3, -0.25) is 4.55 Å². The maximum Gasteiger partial charge on any atom is 0.439 e. The molecule has 0 radical (unpaired) electrons. The molecule has 2 N–H and O–H groups in total. The van der Waals surface area contributed by atoms with Gasteiger partial charge in [-0.2, -0.15) is 34.8 Å². The van der Waals surface area contributed by atoms with Crippen LogP contribution in [0.15, 0.2) is 30.3 Å². The van der Waals surface area contributed by atoms with Crippen LogP contribution in [0.3, 0.4) is 0 Å². The Kier molecular flexibility index (Phi) is 5.31. The molecule has 0 fully saturated rings. The number of nitrogens with one attached hydrogen (secondary N) is 1. The highest BCUT2D eigenvalue weighted by Gasteiger charge is 2.82. The molecule has 0 heterocycles. The molecule has 0 aliphatic heterocycles. The summed E-state index contributed by atoms with van der Waals surface area (Å²) in [4.78, 5) is 0. The summed E-state index contributed by atoms with van der Waals surface area (Å²) in [5.41, 5.74) is 0.0294. The number of rotatable bonds is 7. The van der Waals surface area contributed by atoms with Crippen molar-refractivity contribution in [1.82, 2.24) is 4.72 Å². The quantitative estimate of drug-likeness (QED) is 0.536. The minimum absolute atomic E-state index is 0.0294. The van der Waals surface area contributed by atoms with Crippen molar-refractivity contribution in [2.75, 3.05) is 0 Å². The standard InChI is InChI=1S/C10H9F6NO5S2/c11-8(12,10(15,16)24(20,21)22)9(13,14)23(18,19)17-6-7-4-2-1-3-5-7/h1-5,17H,6H2,(H,20,21,22). The molecule has 0 aromatic heterocycles. The summed E-state index contributed by atoms with van der Waals surface area (Å²) in [6.45, 7) is -0.952. The maximum absolute atomic E-state index is 13.5. The van der Waals surface area contributed by atoms with E-state index in [2.05, 4.69) is 0 Å². The van der Waals surface area contributed by atoms with Gasteiger partial charge in [-0.05, 0) is 5.56 Å². The van der Waals surface area contributed by atoms with Crippen molar-refractivity contribution >= 4 is 20.1 Å². The van der Waals surface area contributed by atoms with E-state index >= 15 is 0 Å². The summed E-state index contributed by atoms with van der Waals surface area (Å²) in [6.07, 6.45) is 0. The van der Waals surface area contributed by atoms with Crippen molar-refractivity contribution in [1.29, 1.82) is 0 Å². The Balaban J connectivity index is 3.21. The van der Waals surface area contributed by atoms with Crippen molar-refractivity contribution in [2.45, 2.75) is 23.0 Å². The zero-order chi connectivity index (χ0) is 19.0. The first-order valence-electron chi connectivity index (χ1n) is 5.71. The molecule has 24 heavy (non-hydrogen) atoms. The zero-order valence-corrected chi connectivity index (χ0v) is 12.9. The summed E-state index contributed by atoms with van der Waals surface area (Å²) in [5, 5.41) is -13.3. The molecule has 1 aromatic carbocycles. The monoisotopic (exact) mass is 401 g/mol. The number of alkyl halides is 6. The van der Waals surface area contributed by atoms with Crippen molar-refractivity contribution in [3.8, 4) is 0 Å². The normalized spacial score (nSPS) is 14.6. The predicted molar refractivity (Wildman–Crippen MR) is 68.6 cm³/mol. The fraction of sp³-hybridized carbons (Fsp3) is 0.400. The van der Waals surface area contributed by atoms with Gasteiger partial charge in [0.25, 0.3) is 10.0 Å². The number of sulfonamides is 1. The van der Waals surface area contributed by atoms with Gasteiger partial charge in [0, 0.05) is 6.54 Å². The van der Waals surface area contributed by atoms with Crippen LogP contribution in [0.5, 0.6) is 0 Å². The Morgan fingerprint density at radius 2 is 1.33 bits per heavy atom. The lowest BCUT2D eigenvalue weighted by Gasteiger charge is -2.30. The van der Waals surface area contributed by atoms with Crippen LogP contribution in [-0.2, 0) is 26.7 Å². The lowest BCUT2D eigenvalue weighted by Crippen LogP contribution is -2.62. The smallest absolute Gasteiger partial charge is 0.281 e. The van der Waals surface area contributed by atoms with Crippen molar-refractivity contribution < 1.29 is 47.7 Å². The third-order valence-corrected chi connectivity index (χ3v) is 5.06. The minimum Gasteiger partial charge on any atom is -0.281 e. The SMILES string of the molecule is O=S(=O)(O)C(F)(F)C(F)(F)C(F)(F)S(=O)(=O)NCc1ccccc1. The molecule has 0 saturated carbocycles. The third-order valence-electron chi connectivity index (χ3n) is 2.70. The summed E-state index contributed by atoms with van der Waals surface area (Å²) in [7, 11) is -13.5. The van der Waals surface area contributed by atoms with Crippen molar-refractivity contribution in [2.24, 2.45) is 0 Å². The second kappa shape index (κ2) is 6.16. The summed E-state index contributed by atoms with van der Waals surface area (Å²) in [5.74, 6) is -6.95. The van der Waals surface area contributed by atoms with Gasteiger partial charge < -0.3 is 0 Å². The first-order chi connectivity index (χ1) is 10.6. The zero-order valence-electron chi connectivity index (χ0n) is 11.3. The average Bonchev–Trinajstić information content (AvgIpc) is 2.44. The first kappa shape index (κ1) is 20.7. The van der Waals surface area contributed by atoms with E-state index in [0.29, 0.717) is 0 Å². The van der Waals surface area contributed by atoms with Crippen LogP contribution in [0.2, 0.25) is 0 Å². The van der Waals surface area contributed by atoms with Gasteiger partial charge in [0.05, 0.1) is 0 Å². The number of benzene rings is 1. The van der Waals surface area contributed by atoms with E-state index in [1.165, 1.54) is 30.3 Å². The molecule has 0 amide bonds. The predicted octanol–water partition coefficient (Wildman–Crippen LogP) is 1.81. The van der Waals surface area contributed by atoms with E-state index in [4.69, 9.17) is 4.55 Å². The third kappa shape index (κ3) is 3.36. The number of hydrogen-bond acceptors (Lipinski definition) is 4. The minimum atomic E-state index is -7.03. The Morgan fingerprint density at radius 1 is 0.875 bits per heavy atom. The maximum atomic E-state index is 13.5. The fourth-order valence-corrected chi connectivity index (χ4v) is 2.89. The summed E-state index contributed by atoms with van der Waals surface area (Å²) in [6, 6.07) is 6.59. The lowest BCUT2D eigenvalue weighted by molar-refractivity contribution is -0.246. The second-order valence-electron chi connectivity index (χ2n) is 4.39. The van der Waals surface area contributed by atoms with Gasteiger partial charge in [0.1, 0.15) is 0 Å². The highest BCUT2D eigenvalue weighted by molar-refractivity contribution is 7.90. The van der Waals surface area contributed by atoms with Gasteiger partial charge >= 0.3 is 26.5 Å². The molecule has 0 aliphatic carbocycles. The van der Waals surface area contributed by atoms with E-state index in [1.807, 2.05) is 0 Å². The van der Waals surface area contributed by atoms with Crippen LogP contribution in [0.1, 0.15) is 5.56 Å². The molecule has 0 unspecified atom stereocenters. The molecule has 0 spiro atoms. The Hall–Kier alpha value is -1.38. The van der Waals surface area contributed by atoms with Gasteiger partial charge in [0.2, 0.25) is 0 Å². The summed E-state index contributed by atoms with van der Waals surface area (Å²) < 4.78 is 131. The Morgan fingerprint density at radius 3 is 1.75 bits per heavy atom. The fourth-order valence-electron chi connectivity index (χ4n) is 1.36. The first-order valence-corrected chi connectivity index (χ1v) is 8.64. The topological polar surface area (TPSA) is 101 Å². The van der Waals surface area contributed by atoms with E-state index in [-0.39, 0.29) is 5.56 Å². The number of halogens is 6. The van der Waals surface area contributed by atoms with Crippen molar-refractivity contribution in [3.63, 3.8) is 0 Å². The van der Waals surface area contributed by atoms with Crippen LogP contribution in [0, 0.1) is 0 Å². The molecular weight excluding hydrogens is 392 g/mol. The number of hydrogen-bond donors (Lipinski definition) is 2. The molecule has 14 heteroatoms. The molecule has 0 aliphatic rings. The molecular formula is C10H9F6NO5S2. The van der Waals surface area contributed by atoms with Crippen LogP contribution >= 0.6 is 0 Å². The molecule has 6 nitrogen and oxygen atoms in total. The molecule has 1 aromatic rings. The van der Waals surface area contributed by atoms with Gasteiger partial charge in [-0.1, -0.05) is 30.3 Å². The van der Waals surface area contributed by atoms with E-state index < -0.39 is 43.1 Å². The molecule has 0 bridgehead atoms. The van der Waals surface area contributed by atoms with E-state index in [9.17, 15) is 43.2 Å². The highest BCUT2D eigenvalue weighted by atomic mass is 32.2. The van der Waals surface area contributed by atoms with Crippen LogP contribution < -0.4 is 4.72 Å². The average molecular weight is 401 g/mol. The van der Waals surface area contributed by atoms with Gasteiger partial charge in [-0.25, -0.2) is 13.1 Å². The Bertz CT molecular complexity index is 794. The van der Waals surface area contributed by atoms with Crippen LogP contribution in [0.4, 0.5) is 26.3 Å². The lowest BCUT2D eigenvalue weighted by atomic mass is 10.2. The molecule has 0 saturated heterocycles. The van der Waals surface area contributed by atoms with Crippen LogP contribution in [-0.4, -0.2) is 37.8 Å². The van der Waals surface area contributed by atoms with E-state index in [0.717, 1.165) is 4.72 Å². The molecule has 1 rings (SSSR count).